The summed E-state index contributed by atoms with van der Waals surface area (Å²) in [4.78, 5) is 7.37. The van der Waals surface area contributed by atoms with Crippen LogP contribution in [-0.4, -0.2) is 17.1 Å². The van der Waals surface area contributed by atoms with Gasteiger partial charge >= 0.3 is 0 Å². The van der Waals surface area contributed by atoms with Crippen molar-refractivity contribution in [1.82, 2.24) is 9.97 Å². The average molecular weight is 249 g/mol. The van der Waals surface area contributed by atoms with Crippen LogP contribution in [0.1, 0.15) is 5.56 Å². The number of ether oxygens (including phenoxy) is 1. The lowest BCUT2D eigenvalue weighted by atomic mass is 10.0. The van der Waals surface area contributed by atoms with Crippen molar-refractivity contribution in [3.05, 3.63) is 48.3 Å². The Morgan fingerprint density at radius 1 is 1.26 bits per heavy atom. The van der Waals surface area contributed by atoms with Crippen molar-refractivity contribution >= 4 is 11.0 Å². The first-order chi connectivity index (χ1) is 9.33. The summed E-state index contributed by atoms with van der Waals surface area (Å²) in [5.41, 5.74) is 3.23. The number of fused-ring (bicyclic) bond motifs is 1. The van der Waals surface area contributed by atoms with Gasteiger partial charge in [0.05, 0.1) is 18.7 Å². The van der Waals surface area contributed by atoms with Crippen molar-refractivity contribution in [2.75, 3.05) is 7.11 Å². The van der Waals surface area contributed by atoms with Gasteiger partial charge in [0.1, 0.15) is 11.4 Å². The number of H-pyrrole nitrogens is 1. The molecule has 3 aromatic rings. The smallest absolute Gasteiger partial charge is 0.137 e. The average Bonchev–Trinajstić information content (AvgIpc) is 2.90. The number of hydrogen-bond acceptors (Lipinski definition) is 3. The van der Waals surface area contributed by atoms with Gasteiger partial charge in [0.2, 0.25) is 0 Å². The first-order valence-electron chi connectivity index (χ1n) is 5.84. The molecule has 1 aromatic carbocycles. The summed E-state index contributed by atoms with van der Waals surface area (Å²) in [5, 5.41) is 10.2. The number of nitrogens with zero attached hydrogens (tertiary/aromatic N) is 2. The Labute approximate surface area is 110 Å². The molecule has 0 bridgehead atoms. The van der Waals surface area contributed by atoms with Gasteiger partial charge in [-0.2, -0.15) is 5.26 Å². The molecule has 0 aliphatic rings. The molecule has 3 rings (SSSR count). The molecular weight excluding hydrogens is 238 g/mol. The highest BCUT2D eigenvalue weighted by molar-refractivity contribution is 5.95. The Hall–Kier alpha value is -2.80. The molecule has 0 saturated heterocycles. The Bertz CT molecular complexity index is 783. The van der Waals surface area contributed by atoms with Crippen LogP contribution >= 0.6 is 0 Å². The number of nitrogens with one attached hydrogen (secondary N) is 1. The highest BCUT2D eigenvalue weighted by Crippen LogP contribution is 2.32. The van der Waals surface area contributed by atoms with Gasteiger partial charge in [-0.3, -0.25) is 0 Å². The normalized spacial score (nSPS) is 10.3. The summed E-state index contributed by atoms with van der Waals surface area (Å²) >= 11 is 0. The van der Waals surface area contributed by atoms with Crippen LogP contribution in [0.5, 0.6) is 5.75 Å². The molecule has 0 amide bonds. The molecule has 0 unspecified atom stereocenters. The van der Waals surface area contributed by atoms with Gasteiger partial charge in [-0.05, 0) is 30.3 Å². The maximum atomic E-state index is 9.24. The highest BCUT2D eigenvalue weighted by Gasteiger charge is 2.11. The third-order valence-electron chi connectivity index (χ3n) is 3.09. The Kier molecular flexibility index (Phi) is 2.66. The van der Waals surface area contributed by atoms with Crippen LogP contribution in [0.2, 0.25) is 0 Å². The molecule has 1 N–H and O–H groups in total. The number of hydrogen-bond donors (Lipinski definition) is 1. The van der Waals surface area contributed by atoms with Gasteiger partial charge in [0.15, 0.2) is 0 Å². The minimum absolute atomic E-state index is 0.616. The zero-order valence-corrected chi connectivity index (χ0v) is 10.3. The second kappa shape index (κ2) is 4.46. The monoisotopic (exact) mass is 249 g/mol. The van der Waals surface area contributed by atoms with Crippen molar-refractivity contribution < 1.29 is 4.74 Å². The van der Waals surface area contributed by atoms with Crippen LogP contribution in [0.3, 0.4) is 0 Å². The fourth-order valence-corrected chi connectivity index (χ4v) is 2.15. The Morgan fingerprint density at radius 3 is 2.95 bits per heavy atom. The number of nitriles is 1. The van der Waals surface area contributed by atoms with Gasteiger partial charge < -0.3 is 9.72 Å². The number of rotatable bonds is 2. The second-order valence-electron chi connectivity index (χ2n) is 4.13. The maximum absolute atomic E-state index is 9.24. The summed E-state index contributed by atoms with van der Waals surface area (Å²) in [7, 11) is 1.61. The third kappa shape index (κ3) is 1.81. The minimum Gasteiger partial charge on any atom is -0.497 e. The molecular formula is C15H11N3O. The van der Waals surface area contributed by atoms with Crippen LogP contribution in [0.4, 0.5) is 0 Å². The summed E-state index contributed by atoms with van der Waals surface area (Å²) in [6.45, 7) is 0. The van der Waals surface area contributed by atoms with Crippen molar-refractivity contribution in [1.29, 1.82) is 5.26 Å². The van der Waals surface area contributed by atoms with Gasteiger partial charge in [-0.25, -0.2) is 4.98 Å². The first-order valence-corrected chi connectivity index (χ1v) is 5.84. The molecule has 2 heterocycles. The predicted octanol–water partition coefficient (Wildman–Crippen LogP) is 3.11. The van der Waals surface area contributed by atoms with Gasteiger partial charge in [-0.15, -0.1) is 0 Å². The van der Waals surface area contributed by atoms with E-state index in [-0.39, 0.29) is 0 Å². The van der Waals surface area contributed by atoms with Gasteiger partial charge in [-0.1, -0.05) is 0 Å². The molecule has 4 heteroatoms. The number of benzene rings is 1. The van der Waals surface area contributed by atoms with Gasteiger partial charge in [0, 0.05) is 28.9 Å². The van der Waals surface area contributed by atoms with Crippen LogP contribution in [0, 0.1) is 11.3 Å². The number of aromatic nitrogens is 2. The van der Waals surface area contributed by atoms with E-state index in [1.807, 2.05) is 24.4 Å². The number of pyridine rings is 1. The van der Waals surface area contributed by atoms with E-state index in [9.17, 15) is 5.26 Å². The molecule has 0 spiro atoms. The molecule has 2 aromatic heterocycles. The highest BCUT2D eigenvalue weighted by atomic mass is 16.5. The quantitative estimate of drug-likeness (QED) is 0.759. The summed E-state index contributed by atoms with van der Waals surface area (Å²) < 4.78 is 5.23. The fourth-order valence-electron chi connectivity index (χ4n) is 2.15. The van der Waals surface area contributed by atoms with Crippen molar-refractivity contribution in [2.45, 2.75) is 0 Å². The van der Waals surface area contributed by atoms with Crippen LogP contribution in [0.15, 0.2) is 42.7 Å². The van der Waals surface area contributed by atoms with Gasteiger partial charge in [0.25, 0.3) is 0 Å². The van der Waals surface area contributed by atoms with E-state index in [2.05, 4.69) is 16.0 Å². The number of aromatic amines is 1. The molecule has 19 heavy (non-hydrogen) atoms. The topological polar surface area (TPSA) is 61.7 Å². The molecule has 0 radical (unpaired) electrons. The van der Waals surface area contributed by atoms with Crippen molar-refractivity contribution in [2.24, 2.45) is 0 Å². The Morgan fingerprint density at radius 2 is 2.16 bits per heavy atom. The third-order valence-corrected chi connectivity index (χ3v) is 3.09. The van der Waals surface area contributed by atoms with Crippen LogP contribution in [-0.2, 0) is 0 Å². The molecule has 0 atom stereocenters. The van der Waals surface area contributed by atoms with E-state index >= 15 is 0 Å². The molecule has 0 aliphatic heterocycles. The van der Waals surface area contributed by atoms with E-state index in [1.165, 1.54) is 0 Å². The zero-order valence-electron chi connectivity index (χ0n) is 10.3. The van der Waals surface area contributed by atoms with E-state index in [1.54, 1.807) is 25.4 Å². The molecule has 0 aliphatic carbocycles. The predicted molar refractivity (Wildman–Crippen MR) is 72.8 cm³/mol. The summed E-state index contributed by atoms with van der Waals surface area (Å²) in [5.74, 6) is 0.729. The lowest BCUT2D eigenvalue weighted by Gasteiger charge is -2.06. The lowest BCUT2D eigenvalue weighted by Crippen LogP contribution is -1.87. The Balaban J connectivity index is 2.29. The zero-order chi connectivity index (χ0) is 13.2. The van der Waals surface area contributed by atoms with Crippen molar-refractivity contribution in [3.8, 4) is 22.9 Å². The van der Waals surface area contributed by atoms with Crippen LogP contribution in [0.25, 0.3) is 22.2 Å². The summed E-state index contributed by atoms with van der Waals surface area (Å²) in [6.07, 6.45) is 3.60. The maximum Gasteiger partial charge on any atom is 0.137 e. The first kappa shape index (κ1) is 11.3. The molecule has 0 fully saturated rings. The second-order valence-corrected chi connectivity index (χ2v) is 4.13. The largest absolute Gasteiger partial charge is 0.497 e. The standard InChI is InChI=1S/C15H11N3O/c1-19-11-5-4-10(8-16)13(7-11)14-9-18-15-12(14)3-2-6-17-15/h2-7,9H,1H3,(H,17,18). The van der Waals surface area contributed by atoms with E-state index < -0.39 is 0 Å². The minimum atomic E-state index is 0.616. The van der Waals surface area contributed by atoms with E-state index in [0.717, 1.165) is 27.9 Å². The van der Waals surface area contributed by atoms with E-state index in [0.29, 0.717) is 5.56 Å². The fraction of sp³-hybridized carbons (Fsp3) is 0.0667. The van der Waals surface area contributed by atoms with Crippen molar-refractivity contribution in [3.63, 3.8) is 0 Å². The van der Waals surface area contributed by atoms with Crippen LogP contribution < -0.4 is 4.74 Å². The lowest BCUT2D eigenvalue weighted by molar-refractivity contribution is 0.415. The molecule has 0 saturated carbocycles. The molecule has 92 valence electrons. The number of methoxy groups -OCH3 is 1. The molecule has 4 nitrogen and oxygen atoms in total. The SMILES string of the molecule is COc1ccc(C#N)c(-c2c[nH]c3ncccc23)c1. The summed E-state index contributed by atoms with van der Waals surface area (Å²) in [6, 6.07) is 11.5. The van der Waals surface area contributed by atoms with E-state index in [4.69, 9.17) is 4.74 Å².